The van der Waals surface area contributed by atoms with Crippen molar-refractivity contribution < 1.29 is 19.4 Å². The van der Waals surface area contributed by atoms with E-state index in [1.54, 1.807) is 19.2 Å². The first-order chi connectivity index (χ1) is 12.0. The van der Waals surface area contributed by atoms with Crippen LogP contribution in [0, 0.1) is 11.3 Å². The minimum atomic E-state index is -0.922. The fraction of sp³-hybridized carbons (Fsp3) is 0.529. The molecule has 1 aromatic rings. The summed E-state index contributed by atoms with van der Waals surface area (Å²) >= 11 is 0. The number of carbonyl (C=O) groups excluding carboxylic acids is 1. The number of carboxylic acids is 1. The number of nitrogens with one attached hydrogen (secondary N) is 1. The van der Waals surface area contributed by atoms with E-state index in [1.807, 2.05) is 6.07 Å². The van der Waals surface area contributed by atoms with E-state index in [0.29, 0.717) is 11.4 Å². The van der Waals surface area contributed by atoms with E-state index in [9.17, 15) is 9.59 Å². The van der Waals surface area contributed by atoms with Crippen LogP contribution in [0.2, 0.25) is 0 Å². The first-order valence-corrected chi connectivity index (χ1v) is 8.24. The zero-order valence-electron chi connectivity index (χ0n) is 14.1. The molecule has 2 amide bonds. The Morgan fingerprint density at radius 2 is 2.12 bits per heavy atom. The van der Waals surface area contributed by atoms with E-state index < -0.39 is 5.97 Å². The third kappa shape index (κ3) is 5.95. The molecule has 1 saturated carbocycles. The van der Waals surface area contributed by atoms with Gasteiger partial charge in [0.05, 0.1) is 12.0 Å². The van der Waals surface area contributed by atoms with Gasteiger partial charge in [-0.1, -0.05) is 0 Å². The molecule has 1 aliphatic rings. The lowest BCUT2D eigenvalue weighted by Gasteiger charge is -2.30. The van der Waals surface area contributed by atoms with Crippen LogP contribution in [0.4, 0.5) is 4.79 Å². The summed E-state index contributed by atoms with van der Waals surface area (Å²) in [4.78, 5) is 28.0. The minimum absolute atomic E-state index is 0.0401. The lowest BCUT2D eigenvalue weighted by atomic mass is 9.93. The Kier molecular flexibility index (Phi) is 6.57. The first-order valence-electron chi connectivity index (χ1n) is 8.24. The highest BCUT2D eigenvalue weighted by molar-refractivity contribution is 5.75. The Hall–Kier alpha value is -2.82. The molecule has 0 radical (unpaired) electrons. The molecule has 8 heteroatoms. The molecule has 25 heavy (non-hydrogen) atoms. The molecule has 2 N–H and O–H groups in total. The van der Waals surface area contributed by atoms with Crippen molar-refractivity contribution in [2.24, 2.45) is 0 Å². The van der Waals surface area contributed by atoms with E-state index in [0.717, 1.165) is 25.7 Å². The van der Waals surface area contributed by atoms with Gasteiger partial charge in [0, 0.05) is 31.9 Å². The lowest BCUT2D eigenvalue weighted by molar-refractivity contribution is -0.137. The molecule has 1 aromatic heterocycles. The van der Waals surface area contributed by atoms with Gasteiger partial charge in [0.2, 0.25) is 5.88 Å². The van der Waals surface area contributed by atoms with E-state index >= 15 is 0 Å². The second-order valence-electron chi connectivity index (χ2n) is 6.10. The number of pyridine rings is 1. The van der Waals surface area contributed by atoms with Crippen LogP contribution in [-0.4, -0.2) is 52.7 Å². The summed E-state index contributed by atoms with van der Waals surface area (Å²) in [5, 5.41) is 20.3. The number of aliphatic carboxylic acids is 1. The van der Waals surface area contributed by atoms with Gasteiger partial charge in [-0.05, 0) is 31.7 Å². The van der Waals surface area contributed by atoms with Crippen LogP contribution in [0.25, 0.3) is 0 Å². The van der Waals surface area contributed by atoms with Crippen molar-refractivity contribution in [1.82, 2.24) is 15.2 Å². The largest absolute Gasteiger partial charge is 0.481 e. The van der Waals surface area contributed by atoms with Gasteiger partial charge in [0.1, 0.15) is 12.2 Å². The summed E-state index contributed by atoms with van der Waals surface area (Å²) in [6.45, 7) is 0.185. The third-order valence-electron chi connectivity index (χ3n) is 4.16. The molecule has 0 unspecified atom stereocenters. The van der Waals surface area contributed by atoms with Crippen LogP contribution in [0.15, 0.2) is 18.3 Å². The summed E-state index contributed by atoms with van der Waals surface area (Å²) in [5.74, 6) is -0.423. The maximum absolute atomic E-state index is 12.0. The Morgan fingerprint density at radius 3 is 2.68 bits per heavy atom. The van der Waals surface area contributed by atoms with E-state index in [4.69, 9.17) is 15.1 Å². The van der Waals surface area contributed by atoms with Crippen molar-refractivity contribution in [2.75, 3.05) is 13.6 Å². The van der Waals surface area contributed by atoms with Crippen LogP contribution in [0.1, 0.15) is 37.7 Å². The lowest BCUT2D eigenvalue weighted by Crippen LogP contribution is -2.45. The number of hydrogen-bond acceptors (Lipinski definition) is 5. The number of nitriles is 1. The molecule has 0 bridgehead atoms. The van der Waals surface area contributed by atoms with Gasteiger partial charge in [-0.3, -0.25) is 4.79 Å². The number of ether oxygens (including phenoxy) is 1. The predicted octanol–water partition coefficient (Wildman–Crippen LogP) is 1.76. The molecule has 8 nitrogen and oxygen atoms in total. The Balaban J connectivity index is 1.72. The van der Waals surface area contributed by atoms with Crippen molar-refractivity contribution in [3.63, 3.8) is 0 Å². The number of carboxylic acid groups (broad SMARTS) is 1. The number of hydrogen-bond donors (Lipinski definition) is 2. The standard InChI is InChI=1S/C17H22N4O4/c1-21(9-8-16(22)23)17(24)20-13-3-5-14(6-4-13)25-15-7-2-12(10-18)11-19-15/h2,7,11,13-14H,3-6,8-9H2,1H3,(H,20,24)(H,22,23). The van der Waals surface area contributed by atoms with Crippen LogP contribution in [0.5, 0.6) is 5.88 Å². The summed E-state index contributed by atoms with van der Waals surface area (Å²) in [6, 6.07) is 5.18. The molecule has 1 heterocycles. The molecular formula is C17H22N4O4. The Bertz CT molecular complexity index is 633. The van der Waals surface area contributed by atoms with Gasteiger partial charge in [0.25, 0.3) is 0 Å². The van der Waals surface area contributed by atoms with E-state index in [1.165, 1.54) is 11.1 Å². The highest BCUT2D eigenvalue weighted by Gasteiger charge is 2.24. The average molecular weight is 346 g/mol. The average Bonchev–Trinajstić information content (AvgIpc) is 2.62. The highest BCUT2D eigenvalue weighted by atomic mass is 16.5. The van der Waals surface area contributed by atoms with Crippen LogP contribution in [0.3, 0.4) is 0 Å². The normalized spacial score (nSPS) is 19.5. The van der Waals surface area contributed by atoms with Crippen LogP contribution in [-0.2, 0) is 4.79 Å². The third-order valence-corrected chi connectivity index (χ3v) is 4.16. The van der Waals surface area contributed by atoms with E-state index in [2.05, 4.69) is 10.3 Å². The quantitative estimate of drug-likeness (QED) is 0.811. The van der Waals surface area contributed by atoms with Crippen molar-refractivity contribution >= 4 is 12.0 Å². The molecule has 1 fully saturated rings. The molecular weight excluding hydrogens is 324 g/mol. The number of nitrogens with zero attached hydrogens (tertiary/aromatic N) is 3. The van der Waals surface area contributed by atoms with Gasteiger partial charge in [-0.25, -0.2) is 9.78 Å². The zero-order chi connectivity index (χ0) is 18.2. The Labute approximate surface area is 146 Å². The second kappa shape index (κ2) is 8.87. The van der Waals surface area contributed by atoms with Crippen molar-refractivity contribution in [3.8, 4) is 11.9 Å². The van der Waals surface area contributed by atoms with Crippen LogP contribution < -0.4 is 10.1 Å². The number of rotatable bonds is 6. The maximum Gasteiger partial charge on any atom is 0.317 e. The SMILES string of the molecule is CN(CCC(=O)O)C(=O)NC1CCC(Oc2ccc(C#N)cn2)CC1. The number of amides is 2. The van der Waals surface area contributed by atoms with Gasteiger partial charge < -0.3 is 20.1 Å². The zero-order valence-corrected chi connectivity index (χ0v) is 14.1. The molecule has 0 atom stereocenters. The van der Waals surface area contributed by atoms with E-state index in [-0.39, 0.29) is 31.1 Å². The monoisotopic (exact) mass is 346 g/mol. The topological polar surface area (TPSA) is 116 Å². The molecule has 0 aromatic carbocycles. The summed E-state index contributed by atoms with van der Waals surface area (Å²) in [7, 11) is 1.59. The molecule has 2 rings (SSSR count). The molecule has 0 aliphatic heterocycles. The fourth-order valence-electron chi connectivity index (χ4n) is 2.66. The second-order valence-corrected chi connectivity index (χ2v) is 6.10. The predicted molar refractivity (Wildman–Crippen MR) is 89.0 cm³/mol. The number of aromatic nitrogens is 1. The van der Waals surface area contributed by atoms with Gasteiger partial charge in [0.15, 0.2) is 0 Å². The summed E-state index contributed by atoms with van der Waals surface area (Å²) < 4.78 is 5.81. The highest BCUT2D eigenvalue weighted by Crippen LogP contribution is 2.23. The number of urea groups is 1. The Morgan fingerprint density at radius 1 is 1.40 bits per heavy atom. The first kappa shape index (κ1) is 18.5. The maximum atomic E-state index is 12.0. The molecule has 0 saturated heterocycles. The minimum Gasteiger partial charge on any atom is -0.481 e. The molecule has 0 spiro atoms. The van der Waals surface area contributed by atoms with Gasteiger partial charge in [-0.2, -0.15) is 5.26 Å². The fourth-order valence-corrected chi connectivity index (χ4v) is 2.66. The van der Waals surface area contributed by atoms with Gasteiger partial charge in [-0.15, -0.1) is 0 Å². The molecule has 134 valence electrons. The van der Waals surface area contributed by atoms with Crippen LogP contribution >= 0.6 is 0 Å². The van der Waals surface area contributed by atoms with Crippen molar-refractivity contribution in [3.05, 3.63) is 23.9 Å². The smallest absolute Gasteiger partial charge is 0.317 e. The van der Waals surface area contributed by atoms with Gasteiger partial charge >= 0.3 is 12.0 Å². The number of carbonyl (C=O) groups is 2. The summed E-state index contributed by atoms with van der Waals surface area (Å²) in [5.41, 5.74) is 0.491. The van der Waals surface area contributed by atoms with Crippen molar-refractivity contribution in [1.29, 1.82) is 5.26 Å². The van der Waals surface area contributed by atoms with Crippen molar-refractivity contribution in [2.45, 2.75) is 44.2 Å². The molecule has 1 aliphatic carbocycles. The summed E-state index contributed by atoms with van der Waals surface area (Å²) in [6.07, 6.45) is 4.63.